The molecule has 0 fully saturated rings. The lowest BCUT2D eigenvalue weighted by Gasteiger charge is -2.16. The largest absolute Gasteiger partial charge is 0.449 e. The second-order valence-electron chi connectivity index (χ2n) is 4.71. The van der Waals surface area contributed by atoms with Crippen LogP contribution in [0, 0.1) is 5.92 Å². The standard InChI is InChI=1S/C14H29NO2/c1-4-6-8-9-11-13(10-7-5-2)12-17-14(16)15-3/h13H,4-12H2,1-3H3,(H,15,16). The van der Waals surface area contributed by atoms with E-state index in [9.17, 15) is 4.79 Å². The summed E-state index contributed by atoms with van der Waals surface area (Å²) in [6.45, 7) is 5.00. The average molecular weight is 243 g/mol. The fourth-order valence-corrected chi connectivity index (χ4v) is 1.93. The first-order valence-electron chi connectivity index (χ1n) is 7.09. The first-order valence-corrected chi connectivity index (χ1v) is 7.09. The molecule has 0 heterocycles. The van der Waals surface area contributed by atoms with Crippen molar-refractivity contribution in [3.8, 4) is 0 Å². The number of carbonyl (C=O) groups excluding carboxylic acids is 1. The summed E-state index contributed by atoms with van der Waals surface area (Å²) < 4.78 is 5.16. The molecule has 0 saturated carbocycles. The summed E-state index contributed by atoms with van der Waals surface area (Å²) in [5.41, 5.74) is 0. The molecule has 0 bridgehead atoms. The number of ether oxygens (including phenoxy) is 1. The van der Waals surface area contributed by atoms with Gasteiger partial charge in [0.05, 0.1) is 6.61 Å². The molecule has 0 aliphatic rings. The van der Waals surface area contributed by atoms with E-state index in [0.717, 1.165) is 0 Å². The molecule has 0 aromatic heterocycles. The molecule has 3 nitrogen and oxygen atoms in total. The van der Waals surface area contributed by atoms with Crippen molar-refractivity contribution in [1.29, 1.82) is 0 Å². The lowest BCUT2D eigenvalue weighted by atomic mass is 9.96. The van der Waals surface area contributed by atoms with Crippen LogP contribution in [0.2, 0.25) is 0 Å². The van der Waals surface area contributed by atoms with Gasteiger partial charge >= 0.3 is 6.09 Å². The van der Waals surface area contributed by atoms with Gasteiger partial charge < -0.3 is 10.1 Å². The Bertz CT molecular complexity index is 183. The van der Waals surface area contributed by atoms with Crippen LogP contribution < -0.4 is 5.32 Å². The third-order valence-electron chi connectivity index (χ3n) is 3.09. The highest BCUT2D eigenvalue weighted by molar-refractivity contribution is 5.66. The molecule has 0 aliphatic carbocycles. The molecule has 1 amide bonds. The van der Waals surface area contributed by atoms with Gasteiger partial charge in [-0.25, -0.2) is 4.79 Å². The molecule has 0 aliphatic heterocycles. The molecular formula is C14H29NO2. The highest BCUT2D eigenvalue weighted by Crippen LogP contribution is 2.17. The zero-order valence-corrected chi connectivity index (χ0v) is 11.8. The first kappa shape index (κ1) is 16.3. The monoisotopic (exact) mass is 243 g/mol. The molecule has 3 heteroatoms. The van der Waals surface area contributed by atoms with E-state index >= 15 is 0 Å². The highest BCUT2D eigenvalue weighted by atomic mass is 16.5. The van der Waals surface area contributed by atoms with Crippen LogP contribution in [0.5, 0.6) is 0 Å². The van der Waals surface area contributed by atoms with Gasteiger partial charge in [0.2, 0.25) is 0 Å². The third-order valence-corrected chi connectivity index (χ3v) is 3.09. The molecule has 0 radical (unpaired) electrons. The topological polar surface area (TPSA) is 38.3 Å². The summed E-state index contributed by atoms with van der Waals surface area (Å²) >= 11 is 0. The van der Waals surface area contributed by atoms with Gasteiger partial charge in [0.15, 0.2) is 0 Å². The van der Waals surface area contributed by atoms with Crippen molar-refractivity contribution >= 4 is 6.09 Å². The van der Waals surface area contributed by atoms with Crippen LogP contribution in [-0.4, -0.2) is 19.7 Å². The Morgan fingerprint density at radius 1 is 1.06 bits per heavy atom. The Morgan fingerprint density at radius 2 is 1.71 bits per heavy atom. The summed E-state index contributed by atoms with van der Waals surface area (Å²) in [4.78, 5) is 11.0. The van der Waals surface area contributed by atoms with Crippen LogP contribution >= 0.6 is 0 Å². The Labute approximate surface area is 106 Å². The van der Waals surface area contributed by atoms with E-state index in [0.29, 0.717) is 12.5 Å². The van der Waals surface area contributed by atoms with Gasteiger partial charge in [-0.2, -0.15) is 0 Å². The second kappa shape index (κ2) is 11.7. The zero-order valence-electron chi connectivity index (χ0n) is 11.8. The van der Waals surface area contributed by atoms with Crippen molar-refractivity contribution in [3.05, 3.63) is 0 Å². The average Bonchev–Trinajstić information content (AvgIpc) is 2.36. The number of hydrogen-bond donors (Lipinski definition) is 1. The second-order valence-corrected chi connectivity index (χ2v) is 4.71. The van der Waals surface area contributed by atoms with E-state index in [1.165, 1.54) is 51.4 Å². The fourth-order valence-electron chi connectivity index (χ4n) is 1.93. The smallest absolute Gasteiger partial charge is 0.406 e. The normalized spacial score (nSPS) is 12.2. The number of alkyl carbamates (subject to hydrolysis) is 1. The SMILES string of the molecule is CCCCCCC(CCCC)COC(=O)NC. The molecule has 1 N–H and O–H groups in total. The summed E-state index contributed by atoms with van der Waals surface area (Å²) in [5, 5.41) is 2.49. The van der Waals surface area contributed by atoms with E-state index in [1.54, 1.807) is 7.05 Å². The van der Waals surface area contributed by atoms with E-state index in [4.69, 9.17) is 4.74 Å². The van der Waals surface area contributed by atoms with Crippen molar-refractivity contribution in [2.45, 2.75) is 65.2 Å². The van der Waals surface area contributed by atoms with Gasteiger partial charge in [0.1, 0.15) is 0 Å². The molecule has 0 aromatic carbocycles. The highest BCUT2D eigenvalue weighted by Gasteiger charge is 2.10. The number of nitrogens with one attached hydrogen (secondary N) is 1. The lowest BCUT2D eigenvalue weighted by Crippen LogP contribution is -2.22. The van der Waals surface area contributed by atoms with E-state index in [-0.39, 0.29) is 6.09 Å². The maximum absolute atomic E-state index is 11.0. The number of unbranched alkanes of at least 4 members (excludes halogenated alkanes) is 4. The van der Waals surface area contributed by atoms with Crippen LogP contribution in [0.4, 0.5) is 4.79 Å². The number of hydrogen-bond acceptors (Lipinski definition) is 2. The lowest BCUT2D eigenvalue weighted by molar-refractivity contribution is 0.122. The number of rotatable bonds is 10. The molecule has 0 spiro atoms. The molecule has 0 aromatic rings. The van der Waals surface area contributed by atoms with E-state index < -0.39 is 0 Å². The maximum atomic E-state index is 11.0. The molecule has 0 saturated heterocycles. The van der Waals surface area contributed by atoms with Crippen LogP contribution in [0.3, 0.4) is 0 Å². The number of amides is 1. The van der Waals surface area contributed by atoms with Crippen molar-refractivity contribution in [2.75, 3.05) is 13.7 Å². The summed E-state index contributed by atoms with van der Waals surface area (Å²) in [6, 6.07) is 0. The molecule has 1 atom stereocenters. The first-order chi connectivity index (χ1) is 8.24. The van der Waals surface area contributed by atoms with Crippen LogP contribution in [0.15, 0.2) is 0 Å². The molecule has 1 unspecified atom stereocenters. The minimum atomic E-state index is -0.306. The minimum Gasteiger partial charge on any atom is -0.449 e. The summed E-state index contributed by atoms with van der Waals surface area (Å²) in [5.74, 6) is 0.545. The Hall–Kier alpha value is -0.730. The Kier molecular flexibility index (Phi) is 11.2. The maximum Gasteiger partial charge on any atom is 0.406 e. The van der Waals surface area contributed by atoms with Gasteiger partial charge in [-0.1, -0.05) is 52.4 Å². The van der Waals surface area contributed by atoms with Crippen LogP contribution in [-0.2, 0) is 4.74 Å². The van der Waals surface area contributed by atoms with Crippen molar-refractivity contribution < 1.29 is 9.53 Å². The van der Waals surface area contributed by atoms with Crippen LogP contribution in [0.1, 0.15) is 65.2 Å². The van der Waals surface area contributed by atoms with Gasteiger partial charge in [-0.15, -0.1) is 0 Å². The molecular weight excluding hydrogens is 214 g/mol. The minimum absolute atomic E-state index is 0.306. The molecule has 0 rings (SSSR count). The van der Waals surface area contributed by atoms with Gasteiger partial charge in [0, 0.05) is 7.05 Å². The van der Waals surface area contributed by atoms with Gasteiger partial charge in [0.25, 0.3) is 0 Å². The van der Waals surface area contributed by atoms with Gasteiger partial charge in [-0.05, 0) is 18.8 Å². The molecule has 17 heavy (non-hydrogen) atoms. The zero-order chi connectivity index (χ0) is 12.9. The molecule has 102 valence electrons. The van der Waals surface area contributed by atoms with Crippen molar-refractivity contribution in [1.82, 2.24) is 5.32 Å². The predicted octanol–water partition coefficient (Wildman–Crippen LogP) is 4.12. The Morgan fingerprint density at radius 3 is 2.29 bits per heavy atom. The van der Waals surface area contributed by atoms with Crippen molar-refractivity contribution in [3.63, 3.8) is 0 Å². The fraction of sp³-hybridized carbons (Fsp3) is 0.929. The van der Waals surface area contributed by atoms with E-state index in [2.05, 4.69) is 19.2 Å². The summed E-state index contributed by atoms with van der Waals surface area (Å²) in [7, 11) is 1.60. The summed E-state index contributed by atoms with van der Waals surface area (Å²) in [6.07, 6.45) is 9.67. The van der Waals surface area contributed by atoms with E-state index in [1.807, 2.05) is 0 Å². The predicted molar refractivity (Wildman–Crippen MR) is 72.2 cm³/mol. The third kappa shape index (κ3) is 10.2. The van der Waals surface area contributed by atoms with Crippen LogP contribution in [0.25, 0.3) is 0 Å². The van der Waals surface area contributed by atoms with Crippen molar-refractivity contribution in [2.24, 2.45) is 5.92 Å². The Balaban J connectivity index is 3.74. The quantitative estimate of drug-likeness (QED) is 0.586. The van der Waals surface area contributed by atoms with Gasteiger partial charge in [-0.3, -0.25) is 0 Å². The number of carbonyl (C=O) groups is 1.